The molecule has 1 saturated carbocycles. The lowest BCUT2D eigenvalue weighted by Gasteiger charge is -2.34. The number of aryl methyl sites for hydroxylation is 2. The molecule has 224 valence electrons. The molecule has 0 spiro atoms. The van der Waals surface area contributed by atoms with Crippen LogP contribution in [-0.2, 0) is 32.6 Å². The second-order valence-corrected chi connectivity index (χ2v) is 13.0. The Morgan fingerprint density at radius 2 is 1.64 bits per heavy atom. The van der Waals surface area contributed by atoms with Crippen molar-refractivity contribution in [3.8, 4) is 5.75 Å². The van der Waals surface area contributed by atoms with E-state index in [1.54, 1.807) is 17.0 Å². The van der Waals surface area contributed by atoms with Crippen LogP contribution in [0.4, 0.5) is 5.69 Å². The van der Waals surface area contributed by atoms with Gasteiger partial charge in [0.1, 0.15) is 18.3 Å². The Bertz CT molecular complexity index is 1490. The Morgan fingerprint density at radius 3 is 2.29 bits per heavy atom. The van der Waals surface area contributed by atoms with Gasteiger partial charge in [-0.3, -0.25) is 13.9 Å². The number of carbonyl (C=O) groups excluding carboxylic acids is 2. The number of sulfonamides is 1. The smallest absolute Gasteiger partial charge is 0.244 e. The van der Waals surface area contributed by atoms with Crippen molar-refractivity contribution in [1.82, 2.24) is 10.2 Å². The Hall–Kier alpha value is -3.85. The number of hydrogen-bond donors (Lipinski definition) is 1. The van der Waals surface area contributed by atoms with Crippen LogP contribution in [0.15, 0.2) is 72.8 Å². The van der Waals surface area contributed by atoms with Crippen molar-refractivity contribution < 1.29 is 22.7 Å². The van der Waals surface area contributed by atoms with Crippen molar-refractivity contribution in [3.05, 3.63) is 95.1 Å². The summed E-state index contributed by atoms with van der Waals surface area (Å²) in [4.78, 5) is 29.9. The third kappa shape index (κ3) is 7.91. The normalized spacial score (nSPS) is 14.3. The van der Waals surface area contributed by atoms with Crippen molar-refractivity contribution in [2.24, 2.45) is 0 Å². The molecule has 0 saturated heterocycles. The molecule has 0 aromatic heterocycles. The third-order valence-corrected chi connectivity index (χ3v) is 8.98. The zero-order valence-corrected chi connectivity index (χ0v) is 25.7. The number of carbonyl (C=O) groups is 2. The molecule has 1 fully saturated rings. The van der Waals surface area contributed by atoms with Crippen molar-refractivity contribution in [2.45, 2.75) is 64.6 Å². The highest BCUT2D eigenvalue weighted by Gasteiger charge is 2.35. The second-order valence-electron chi connectivity index (χ2n) is 11.1. The number of benzene rings is 3. The van der Waals surface area contributed by atoms with Crippen LogP contribution in [-0.4, -0.2) is 57.1 Å². The number of anilines is 1. The summed E-state index contributed by atoms with van der Waals surface area (Å²) in [6, 6.07) is 21.7. The fourth-order valence-corrected chi connectivity index (χ4v) is 6.33. The molecular formula is C33H41N3O5S. The monoisotopic (exact) mass is 591 g/mol. The lowest BCUT2D eigenvalue weighted by atomic mass is 10.0. The van der Waals surface area contributed by atoms with Crippen molar-refractivity contribution in [1.29, 1.82) is 0 Å². The highest BCUT2D eigenvalue weighted by Crippen LogP contribution is 2.31. The van der Waals surface area contributed by atoms with E-state index >= 15 is 0 Å². The Kier molecular flexibility index (Phi) is 10.3. The second kappa shape index (κ2) is 13.9. The van der Waals surface area contributed by atoms with Crippen LogP contribution in [0.2, 0.25) is 0 Å². The Labute approximate surface area is 249 Å². The Morgan fingerprint density at radius 1 is 0.976 bits per heavy atom. The number of rotatable bonds is 12. The van der Waals surface area contributed by atoms with Crippen LogP contribution in [0.1, 0.15) is 47.9 Å². The SMILES string of the molecule is COc1ccc(C)cc1N(CC(=O)N(Cc1ccccc1C)C(Cc1ccccc1)C(=O)NC1CCCC1)S(C)(=O)=O. The number of hydrogen-bond acceptors (Lipinski definition) is 5. The van der Waals surface area contributed by atoms with Crippen LogP contribution < -0.4 is 14.4 Å². The highest BCUT2D eigenvalue weighted by molar-refractivity contribution is 7.92. The van der Waals surface area contributed by atoms with E-state index in [-0.39, 0.29) is 24.2 Å². The van der Waals surface area contributed by atoms with Gasteiger partial charge >= 0.3 is 0 Å². The summed E-state index contributed by atoms with van der Waals surface area (Å²) in [7, 11) is -2.43. The lowest BCUT2D eigenvalue weighted by Crippen LogP contribution is -2.54. The molecule has 3 aromatic carbocycles. The molecule has 4 rings (SSSR count). The first-order valence-electron chi connectivity index (χ1n) is 14.4. The van der Waals surface area contributed by atoms with E-state index in [0.29, 0.717) is 12.2 Å². The quantitative estimate of drug-likeness (QED) is 0.327. The number of methoxy groups -OCH3 is 1. The minimum Gasteiger partial charge on any atom is -0.495 e. The van der Waals surface area contributed by atoms with E-state index in [0.717, 1.165) is 58.5 Å². The van der Waals surface area contributed by atoms with E-state index in [1.807, 2.05) is 74.5 Å². The van der Waals surface area contributed by atoms with Crippen molar-refractivity contribution >= 4 is 27.5 Å². The predicted molar refractivity (Wildman–Crippen MR) is 166 cm³/mol. The molecule has 1 aliphatic carbocycles. The minimum absolute atomic E-state index is 0.0651. The minimum atomic E-state index is -3.90. The van der Waals surface area contributed by atoms with Gasteiger partial charge in [-0.1, -0.05) is 73.5 Å². The summed E-state index contributed by atoms with van der Waals surface area (Å²) in [5, 5.41) is 3.19. The molecule has 9 heteroatoms. The molecule has 0 aliphatic heterocycles. The predicted octanol–water partition coefficient (Wildman–Crippen LogP) is 4.78. The summed E-state index contributed by atoms with van der Waals surface area (Å²) < 4.78 is 32.8. The zero-order chi connectivity index (χ0) is 30.3. The molecule has 0 heterocycles. The average molecular weight is 592 g/mol. The first-order chi connectivity index (χ1) is 20.1. The van der Waals surface area contributed by atoms with Gasteiger partial charge in [0.15, 0.2) is 0 Å². The standard InChI is InChI=1S/C33H41N3O5S/c1-24-18-19-31(41-3)29(20-24)36(42(4,39)40)23-32(37)35(22-27-15-9-8-12-25(27)2)30(21-26-13-6-5-7-14-26)33(38)34-28-16-10-11-17-28/h5-9,12-15,18-20,28,30H,10-11,16-17,21-23H2,1-4H3,(H,34,38). The van der Waals surface area contributed by atoms with Crippen molar-refractivity contribution in [3.63, 3.8) is 0 Å². The van der Waals surface area contributed by atoms with E-state index in [9.17, 15) is 18.0 Å². The number of nitrogens with one attached hydrogen (secondary N) is 1. The van der Waals surface area contributed by atoms with Crippen LogP contribution in [0.25, 0.3) is 0 Å². The molecule has 2 amide bonds. The van der Waals surface area contributed by atoms with Crippen LogP contribution in [0, 0.1) is 13.8 Å². The first-order valence-corrected chi connectivity index (χ1v) is 16.2. The van der Waals surface area contributed by atoms with Gasteiger partial charge in [0.2, 0.25) is 21.8 Å². The fourth-order valence-electron chi connectivity index (χ4n) is 5.48. The maximum Gasteiger partial charge on any atom is 0.244 e. The number of ether oxygens (including phenoxy) is 1. The molecule has 1 aliphatic rings. The van der Waals surface area contributed by atoms with E-state index in [2.05, 4.69) is 5.32 Å². The molecule has 1 unspecified atom stereocenters. The molecule has 1 atom stereocenters. The molecule has 0 bridgehead atoms. The van der Waals surface area contributed by atoms with Crippen LogP contribution in [0.5, 0.6) is 5.75 Å². The fraction of sp³-hybridized carbons (Fsp3) is 0.394. The van der Waals surface area contributed by atoms with Gasteiger partial charge in [-0.05, 0) is 61.1 Å². The van der Waals surface area contributed by atoms with Gasteiger partial charge in [-0.2, -0.15) is 0 Å². The summed E-state index contributed by atoms with van der Waals surface area (Å²) in [5.41, 5.74) is 3.87. The summed E-state index contributed by atoms with van der Waals surface area (Å²) in [6.07, 6.45) is 5.30. The van der Waals surface area contributed by atoms with Gasteiger partial charge in [-0.15, -0.1) is 0 Å². The van der Waals surface area contributed by atoms with Crippen LogP contribution in [0.3, 0.4) is 0 Å². The molecule has 3 aromatic rings. The van der Waals surface area contributed by atoms with E-state index < -0.39 is 28.5 Å². The maximum atomic E-state index is 14.3. The van der Waals surface area contributed by atoms with Gasteiger partial charge < -0.3 is 15.0 Å². The van der Waals surface area contributed by atoms with Gasteiger partial charge in [0.25, 0.3) is 0 Å². The van der Waals surface area contributed by atoms with E-state index in [1.165, 1.54) is 7.11 Å². The molecule has 42 heavy (non-hydrogen) atoms. The molecule has 0 radical (unpaired) electrons. The summed E-state index contributed by atoms with van der Waals surface area (Å²) in [6.45, 7) is 3.48. The van der Waals surface area contributed by atoms with Crippen molar-refractivity contribution in [2.75, 3.05) is 24.2 Å². The topological polar surface area (TPSA) is 96.0 Å². The maximum absolute atomic E-state index is 14.3. The molecule has 8 nitrogen and oxygen atoms in total. The van der Waals surface area contributed by atoms with E-state index in [4.69, 9.17) is 4.74 Å². The highest BCUT2D eigenvalue weighted by atomic mass is 32.2. The Balaban J connectivity index is 1.76. The third-order valence-electron chi connectivity index (χ3n) is 7.86. The first kappa shape index (κ1) is 31.1. The summed E-state index contributed by atoms with van der Waals surface area (Å²) in [5.74, 6) is -0.370. The molecular weight excluding hydrogens is 550 g/mol. The summed E-state index contributed by atoms with van der Waals surface area (Å²) >= 11 is 0. The zero-order valence-electron chi connectivity index (χ0n) is 24.9. The van der Waals surface area contributed by atoms with Crippen LogP contribution >= 0.6 is 0 Å². The molecule has 1 N–H and O–H groups in total. The van der Waals surface area contributed by atoms with Gasteiger partial charge in [0, 0.05) is 19.0 Å². The average Bonchev–Trinajstić information content (AvgIpc) is 3.47. The number of nitrogens with zero attached hydrogens (tertiary/aromatic N) is 2. The largest absolute Gasteiger partial charge is 0.495 e. The number of amides is 2. The van der Waals surface area contributed by atoms with Gasteiger partial charge in [-0.25, -0.2) is 8.42 Å². The van der Waals surface area contributed by atoms with Gasteiger partial charge in [0.05, 0.1) is 19.1 Å². The lowest BCUT2D eigenvalue weighted by molar-refractivity contribution is -0.140.